The normalized spacial score (nSPS) is 26.1. The van der Waals surface area contributed by atoms with Crippen LogP contribution in [0.4, 0.5) is 10.5 Å². The first kappa shape index (κ1) is 18.1. The van der Waals surface area contributed by atoms with Gasteiger partial charge in [0.25, 0.3) is 0 Å². The second-order valence-corrected chi connectivity index (χ2v) is 8.07. The largest absolute Gasteiger partial charge is 0.439 e. The lowest BCUT2D eigenvalue weighted by molar-refractivity contribution is -0.132. The van der Waals surface area contributed by atoms with E-state index in [2.05, 4.69) is 41.0 Å². The number of nitrogens with zero attached hydrogens (tertiary/aromatic N) is 4. The minimum atomic E-state index is -0.495. The van der Waals surface area contributed by atoms with E-state index < -0.39 is 5.60 Å². The van der Waals surface area contributed by atoms with Gasteiger partial charge in [0, 0.05) is 51.9 Å². The average molecular weight is 372 g/mol. The molecule has 7 heteroatoms. The molecule has 27 heavy (non-hydrogen) atoms. The summed E-state index contributed by atoms with van der Waals surface area (Å²) in [5.74, 6) is 0.140. The number of piperazine rings is 1. The van der Waals surface area contributed by atoms with Gasteiger partial charge >= 0.3 is 6.09 Å². The van der Waals surface area contributed by atoms with Gasteiger partial charge < -0.3 is 19.4 Å². The van der Waals surface area contributed by atoms with Crippen LogP contribution in [0.5, 0.6) is 0 Å². The quantitative estimate of drug-likeness (QED) is 0.797. The van der Waals surface area contributed by atoms with Crippen LogP contribution in [0, 0.1) is 6.92 Å². The first-order valence-corrected chi connectivity index (χ1v) is 9.70. The monoisotopic (exact) mass is 372 g/mol. The van der Waals surface area contributed by atoms with E-state index in [4.69, 9.17) is 4.74 Å². The molecular weight excluding hydrogens is 344 g/mol. The minimum Gasteiger partial charge on any atom is -0.439 e. The molecule has 2 amide bonds. The highest BCUT2D eigenvalue weighted by Gasteiger charge is 2.49. The van der Waals surface area contributed by atoms with Gasteiger partial charge in [-0.25, -0.2) is 4.79 Å². The van der Waals surface area contributed by atoms with Crippen molar-refractivity contribution in [3.63, 3.8) is 0 Å². The Bertz CT molecular complexity index is 732. The Kier molecular flexibility index (Phi) is 4.72. The molecule has 146 valence electrons. The zero-order valence-electron chi connectivity index (χ0n) is 16.2. The summed E-state index contributed by atoms with van der Waals surface area (Å²) in [6, 6.07) is 8.57. The molecule has 0 N–H and O–H groups in total. The number of rotatable bonds is 3. The van der Waals surface area contributed by atoms with Crippen LogP contribution in [0.15, 0.2) is 24.3 Å². The van der Waals surface area contributed by atoms with Crippen molar-refractivity contribution >= 4 is 17.7 Å². The Morgan fingerprint density at radius 1 is 1.15 bits per heavy atom. The van der Waals surface area contributed by atoms with E-state index >= 15 is 0 Å². The van der Waals surface area contributed by atoms with Gasteiger partial charge in [-0.3, -0.25) is 9.69 Å². The van der Waals surface area contributed by atoms with E-state index in [0.29, 0.717) is 26.2 Å². The predicted molar refractivity (Wildman–Crippen MR) is 103 cm³/mol. The van der Waals surface area contributed by atoms with Gasteiger partial charge in [-0.15, -0.1) is 0 Å². The smallest absolute Gasteiger partial charge is 0.410 e. The third kappa shape index (κ3) is 3.74. The molecule has 0 saturated carbocycles. The lowest BCUT2D eigenvalue weighted by atomic mass is 10.0. The van der Waals surface area contributed by atoms with E-state index in [1.807, 2.05) is 4.90 Å². The number of likely N-dealkylation sites (tertiary alicyclic amines) is 1. The maximum Gasteiger partial charge on any atom is 0.410 e. The number of ether oxygens (including phenoxy) is 1. The van der Waals surface area contributed by atoms with E-state index in [9.17, 15) is 9.59 Å². The number of hydrogen-bond acceptors (Lipinski definition) is 5. The minimum absolute atomic E-state index is 0.140. The molecule has 0 bridgehead atoms. The Balaban J connectivity index is 1.27. The van der Waals surface area contributed by atoms with Gasteiger partial charge in [0.15, 0.2) is 5.60 Å². The highest BCUT2D eigenvalue weighted by Crippen LogP contribution is 2.31. The molecule has 1 atom stereocenters. The van der Waals surface area contributed by atoms with Gasteiger partial charge in [0.2, 0.25) is 5.91 Å². The first-order valence-electron chi connectivity index (χ1n) is 9.70. The molecule has 0 aliphatic carbocycles. The summed E-state index contributed by atoms with van der Waals surface area (Å²) in [7, 11) is 1.75. The fourth-order valence-electron chi connectivity index (χ4n) is 4.34. The van der Waals surface area contributed by atoms with Crippen molar-refractivity contribution in [3.05, 3.63) is 29.8 Å². The average Bonchev–Trinajstić information content (AvgIpc) is 3.18. The Morgan fingerprint density at radius 2 is 1.93 bits per heavy atom. The second kappa shape index (κ2) is 7.03. The van der Waals surface area contributed by atoms with Crippen LogP contribution in [0.3, 0.4) is 0 Å². The van der Waals surface area contributed by atoms with Crippen LogP contribution in [0.25, 0.3) is 0 Å². The Hall–Kier alpha value is -2.28. The van der Waals surface area contributed by atoms with Crippen LogP contribution in [0.2, 0.25) is 0 Å². The highest BCUT2D eigenvalue weighted by molar-refractivity contribution is 5.79. The predicted octanol–water partition coefficient (Wildman–Crippen LogP) is 1.17. The number of benzene rings is 1. The van der Waals surface area contributed by atoms with Gasteiger partial charge in [-0.2, -0.15) is 0 Å². The van der Waals surface area contributed by atoms with Gasteiger partial charge in [-0.1, -0.05) is 12.1 Å². The summed E-state index contributed by atoms with van der Waals surface area (Å²) in [5, 5.41) is 0. The standard InChI is InChI=1S/C20H28N4O3/c1-16-4-3-5-17(12-16)23-10-8-22(9-11-23)13-18(25)24-7-6-20(15-24)14-21(2)19(26)27-20/h3-5,12H,6-11,13-15H2,1-2H3/t20-/m1/s1. The number of amides is 2. The third-order valence-electron chi connectivity index (χ3n) is 5.91. The molecule has 3 saturated heterocycles. The maximum absolute atomic E-state index is 12.7. The molecule has 0 unspecified atom stereocenters. The van der Waals surface area contributed by atoms with Crippen LogP contribution in [0.1, 0.15) is 12.0 Å². The Morgan fingerprint density at radius 3 is 2.59 bits per heavy atom. The molecule has 1 aromatic carbocycles. The summed E-state index contributed by atoms with van der Waals surface area (Å²) < 4.78 is 5.54. The van der Waals surface area contributed by atoms with E-state index in [0.717, 1.165) is 32.6 Å². The van der Waals surface area contributed by atoms with Crippen LogP contribution in [-0.4, -0.2) is 91.7 Å². The number of carbonyl (C=O) groups is 2. The van der Waals surface area contributed by atoms with Crippen molar-refractivity contribution in [2.75, 3.05) is 64.3 Å². The second-order valence-electron chi connectivity index (χ2n) is 8.07. The zero-order chi connectivity index (χ0) is 19.0. The molecule has 3 fully saturated rings. The number of aryl methyl sites for hydroxylation is 1. The van der Waals surface area contributed by atoms with E-state index in [-0.39, 0.29) is 12.0 Å². The summed E-state index contributed by atoms with van der Waals surface area (Å²) in [6.45, 7) is 7.96. The van der Waals surface area contributed by atoms with Gasteiger partial charge in [-0.05, 0) is 24.6 Å². The van der Waals surface area contributed by atoms with Gasteiger partial charge in [0.05, 0.1) is 19.6 Å². The molecule has 3 aliphatic rings. The summed E-state index contributed by atoms with van der Waals surface area (Å²) >= 11 is 0. The Labute approximate surface area is 160 Å². The molecule has 1 spiro atoms. The molecule has 0 aromatic heterocycles. The van der Waals surface area contributed by atoms with Crippen molar-refractivity contribution in [1.82, 2.24) is 14.7 Å². The number of likely N-dealkylation sites (N-methyl/N-ethyl adjacent to an activating group) is 1. The van der Waals surface area contributed by atoms with Crippen LogP contribution < -0.4 is 4.90 Å². The van der Waals surface area contributed by atoms with Gasteiger partial charge in [0.1, 0.15) is 0 Å². The lowest BCUT2D eigenvalue weighted by Gasteiger charge is -2.36. The van der Waals surface area contributed by atoms with E-state index in [1.54, 1.807) is 11.9 Å². The van der Waals surface area contributed by atoms with Crippen molar-refractivity contribution in [2.24, 2.45) is 0 Å². The number of carbonyl (C=O) groups excluding carboxylic acids is 2. The SMILES string of the molecule is Cc1cccc(N2CCN(CC(=O)N3CC[C@@]4(CN(C)C(=O)O4)C3)CC2)c1. The third-order valence-corrected chi connectivity index (χ3v) is 5.91. The molecule has 4 rings (SSSR count). The van der Waals surface area contributed by atoms with Crippen molar-refractivity contribution in [3.8, 4) is 0 Å². The van der Waals surface area contributed by atoms with Crippen molar-refractivity contribution in [2.45, 2.75) is 18.9 Å². The first-order chi connectivity index (χ1) is 12.9. The fraction of sp³-hybridized carbons (Fsp3) is 0.600. The molecule has 0 radical (unpaired) electrons. The molecule has 1 aromatic rings. The number of anilines is 1. The highest BCUT2D eigenvalue weighted by atomic mass is 16.6. The molecule has 3 heterocycles. The maximum atomic E-state index is 12.7. The summed E-state index contributed by atoms with van der Waals surface area (Å²) in [6.07, 6.45) is 0.451. The molecule has 7 nitrogen and oxygen atoms in total. The van der Waals surface area contributed by atoms with Crippen LogP contribution >= 0.6 is 0 Å². The van der Waals surface area contributed by atoms with E-state index in [1.165, 1.54) is 11.3 Å². The summed E-state index contributed by atoms with van der Waals surface area (Å²) in [5.41, 5.74) is 2.03. The fourth-order valence-corrected chi connectivity index (χ4v) is 4.34. The van der Waals surface area contributed by atoms with Crippen LogP contribution in [-0.2, 0) is 9.53 Å². The van der Waals surface area contributed by atoms with Crippen molar-refractivity contribution < 1.29 is 14.3 Å². The number of hydrogen-bond donors (Lipinski definition) is 0. The zero-order valence-corrected chi connectivity index (χ0v) is 16.2. The summed E-state index contributed by atoms with van der Waals surface area (Å²) in [4.78, 5) is 32.5. The molecular formula is C20H28N4O3. The lowest BCUT2D eigenvalue weighted by Crippen LogP contribution is -2.50. The van der Waals surface area contributed by atoms with Crippen molar-refractivity contribution in [1.29, 1.82) is 0 Å². The topological polar surface area (TPSA) is 56.3 Å². The molecule has 3 aliphatic heterocycles.